The van der Waals surface area contributed by atoms with Crippen LogP contribution in [0.25, 0.3) is 0 Å². The van der Waals surface area contributed by atoms with Gasteiger partial charge in [0, 0.05) is 32.1 Å². The number of carboxylic acid groups (broad SMARTS) is 1. The number of hydrogen-bond donors (Lipinski definition) is 1. The average Bonchev–Trinajstić information content (AvgIpc) is 2.76. The van der Waals surface area contributed by atoms with Gasteiger partial charge in [0.05, 0.1) is 5.92 Å². The maximum Gasteiger partial charge on any atom is 0.410 e. The highest BCUT2D eigenvalue weighted by Crippen LogP contribution is 2.20. The molecule has 10 heteroatoms. The van der Waals surface area contributed by atoms with Gasteiger partial charge in [-0.25, -0.2) is 9.59 Å². The Morgan fingerprint density at radius 2 is 1.20 bits per heavy atom. The molecule has 2 amide bonds. The van der Waals surface area contributed by atoms with Gasteiger partial charge in [0.1, 0.15) is 13.2 Å². The fraction of sp³-hybridized carbons (Fsp3) is 0.600. The van der Waals surface area contributed by atoms with Crippen molar-refractivity contribution in [1.29, 1.82) is 0 Å². The first-order valence-electron chi connectivity index (χ1n) is 9.77. The molecule has 168 valence electrons. The van der Waals surface area contributed by atoms with Gasteiger partial charge in [0.25, 0.3) is 0 Å². The lowest BCUT2D eigenvalue weighted by atomic mass is 9.97. The zero-order chi connectivity index (χ0) is 22.5. The van der Waals surface area contributed by atoms with Crippen molar-refractivity contribution in [1.82, 2.24) is 9.80 Å². The minimum atomic E-state index is -0.783. The van der Waals surface area contributed by atoms with E-state index >= 15 is 0 Å². The Morgan fingerprint density at radius 1 is 0.833 bits per heavy atom. The third kappa shape index (κ3) is 8.86. The predicted octanol–water partition coefficient (Wildman–Crippen LogP) is 2.89. The summed E-state index contributed by atoms with van der Waals surface area (Å²) < 4.78 is 9.73. The second-order valence-electron chi connectivity index (χ2n) is 6.90. The van der Waals surface area contributed by atoms with Gasteiger partial charge in [0.2, 0.25) is 5.24 Å². The third-order valence-corrected chi connectivity index (χ3v) is 5.13. The molecule has 0 saturated carbocycles. The van der Waals surface area contributed by atoms with E-state index in [1.54, 1.807) is 4.90 Å². The summed E-state index contributed by atoms with van der Waals surface area (Å²) >= 11 is 5.38. The molecule has 0 unspecified atom stereocenters. The Labute approximate surface area is 181 Å². The van der Waals surface area contributed by atoms with Gasteiger partial charge >= 0.3 is 18.2 Å². The molecule has 0 aromatic rings. The first-order chi connectivity index (χ1) is 14.3. The maximum atomic E-state index is 11.4. The number of nitrogens with zero attached hydrogens (tertiary/aromatic N) is 2. The molecule has 2 aliphatic rings. The van der Waals surface area contributed by atoms with Crippen molar-refractivity contribution in [3.8, 4) is 0 Å². The van der Waals surface area contributed by atoms with E-state index in [2.05, 4.69) is 13.2 Å². The van der Waals surface area contributed by atoms with E-state index in [0.29, 0.717) is 51.9 Å². The normalized spacial score (nSPS) is 17.2. The Morgan fingerprint density at radius 3 is 1.50 bits per heavy atom. The fourth-order valence-electron chi connectivity index (χ4n) is 3.04. The number of rotatable bonds is 6. The van der Waals surface area contributed by atoms with Crippen molar-refractivity contribution in [3.63, 3.8) is 0 Å². The van der Waals surface area contributed by atoms with Gasteiger partial charge in [-0.1, -0.05) is 25.3 Å². The molecular weight excluding hydrogens is 416 g/mol. The van der Waals surface area contributed by atoms with Gasteiger partial charge in [0.15, 0.2) is 0 Å². The Bertz CT molecular complexity index is 571. The van der Waals surface area contributed by atoms with Crippen molar-refractivity contribution in [3.05, 3.63) is 25.3 Å². The van der Waals surface area contributed by atoms with Crippen LogP contribution >= 0.6 is 11.6 Å². The molecule has 1 N–H and O–H groups in total. The van der Waals surface area contributed by atoms with E-state index in [-0.39, 0.29) is 36.4 Å². The third-order valence-electron chi connectivity index (χ3n) is 4.83. The zero-order valence-electron chi connectivity index (χ0n) is 17.0. The Balaban J connectivity index is 0.000000300. The van der Waals surface area contributed by atoms with Crippen LogP contribution < -0.4 is 0 Å². The summed E-state index contributed by atoms with van der Waals surface area (Å²) in [5, 5.41) is 8.45. The molecule has 0 aliphatic carbocycles. The second-order valence-corrected chi connectivity index (χ2v) is 7.27. The minimum Gasteiger partial charge on any atom is -0.481 e. The standard InChI is InChI=1S/C10H14ClNO3.C10H15NO4/c1-2-7-15-10(14)12-5-3-8(4-6-12)9(11)13;1-2-7-15-10(14)11-5-3-8(4-6-11)9(12)13/h2,8H,1,3-7H2;2,8H,1,3-7H2,(H,12,13). The van der Waals surface area contributed by atoms with Crippen molar-refractivity contribution >= 4 is 35.0 Å². The van der Waals surface area contributed by atoms with Crippen molar-refractivity contribution < 1.29 is 33.8 Å². The number of ether oxygens (including phenoxy) is 2. The summed E-state index contributed by atoms with van der Waals surface area (Å²) in [7, 11) is 0. The quantitative estimate of drug-likeness (QED) is 0.494. The van der Waals surface area contributed by atoms with Crippen LogP contribution in [0.2, 0.25) is 0 Å². The van der Waals surface area contributed by atoms with E-state index < -0.39 is 12.1 Å². The first kappa shape index (κ1) is 25.5. The molecule has 2 saturated heterocycles. The first-order valence-corrected chi connectivity index (χ1v) is 10.1. The van der Waals surface area contributed by atoms with Gasteiger partial charge in [-0.2, -0.15) is 0 Å². The largest absolute Gasteiger partial charge is 0.481 e. The van der Waals surface area contributed by atoms with Gasteiger partial charge in [-0.3, -0.25) is 9.59 Å². The van der Waals surface area contributed by atoms with Gasteiger partial charge < -0.3 is 24.4 Å². The highest BCUT2D eigenvalue weighted by atomic mass is 35.5. The molecule has 9 nitrogen and oxygen atoms in total. The Kier molecular flexibility index (Phi) is 11.6. The summed E-state index contributed by atoms with van der Waals surface area (Å²) in [5.74, 6) is -1.22. The lowest BCUT2D eigenvalue weighted by molar-refractivity contribution is -0.143. The van der Waals surface area contributed by atoms with Crippen LogP contribution in [-0.2, 0) is 19.1 Å². The molecule has 2 fully saturated rings. The number of amides is 2. The van der Waals surface area contributed by atoms with E-state index in [9.17, 15) is 19.2 Å². The van der Waals surface area contributed by atoms with Crippen molar-refractivity contribution in [2.75, 3.05) is 39.4 Å². The summed E-state index contributed by atoms with van der Waals surface area (Å²) in [6.45, 7) is 9.26. The summed E-state index contributed by atoms with van der Waals surface area (Å²) in [5.41, 5.74) is 0. The maximum absolute atomic E-state index is 11.4. The molecule has 0 aromatic heterocycles. The van der Waals surface area contributed by atoms with E-state index in [4.69, 9.17) is 26.2 Å². The van der Waals surface area contributed by atoms with Crippen LogP contribution in [0.4, 0.5) is 9.59 Å². The molecule has 2 rings (SSSR count). The summed E-state index contributed by atoms with van der Waals surface area (Å²) in [4.78, 5) is 47.3. The van der Waals surface area contributed by atoms with Crippen LogP contribution in [-0.4, -0.2) is 77.7 Å². The topological polar surface area (TPSA) is 113 Å². The highest BCUT2D eigenvalue weighted by Gasteiger charge is 2.28. The van der Waals surface area contributed by atoms with Crippen molar-refractivity contribution in [2.45, 2.75) is 25.7 Å². The summed E-state index contributed by atoms with van der Waals surface area (Å²) in [6.07, 6.45) is 4.51. The van der Waals surface area contributed by atoms with Crippen LogP contribution in [0.3, 0.4) is 0 Å². The van der Waals surface area contributed by atoms with Gasteiger partial charge in [-0.05, 0) is 37.3 Å². The van der Waals surface area contributed by atoms with Crippen LogP contribution in [0.1, 0.15) is 25.7 Å². The lowest BCUT2D eigenvalue weighted by Crippen LogP contribution is -2.40. The molecular formula is C20H29ClN2O7. The SMILES string of the molecule is C=CCOC(=O)N1CCC(C(=O)Cl)CC1.C=CCOC(=O)N1CCC(C(=O)O)CC1. The Hall–Kier alpha value is -2.55. The molecule has 0 atom stereocenters. The highest BCUT2D eigenvalue weighted by molar-refractivity contribution is 6.64. The number of carbonyl (C=O) groups excluding carboxylic acids is 3. The van der Waals surface area contributed by atoms with E-state index in [1.807, 2.05) is 0 Å². The minimum absolute atomic E-state index is 0.116. The molecule has 0 spiro atoms. The number of aliphatic carboxylic acids is 1. The van der Waals surface area contributed by atoms with Crippen LogP contribution in [0.15, 0.2) is 25.3 Å². The second kappa shape index (κ2) is 13.6. The molecule has 0 radical (unpaired) electrons. The summed E-state index contributed by atoms with van der Waals surface area (Å²) in [6, 6.07) is 0. The number of carboxylic acids is 1. The number of piperidine rings is 2. The van der Waals surface area contributed by atoms with E-state index in [0.717, 1.165) is 0 Å². The molecule has 0 aromatic carbocycles. The number of hydrogen-bond acceptors (Lipinski definition) is 6. The molecule has 2 aliphatic heterocycles. The molecule has 2 heterocycles. The number of carbonyl (C=O) groups is 4. The smallest absolute Gasteiger partial charge is 0.410 e. The van der Waals surface area contributed by atoms with Crippen LogP contribution in [0, 0.1) is 11.8 Å². The number of likely N-dealkylation sites (tertiary alicyclic amines) is 2. The van der Waals surface area contributed by atoms with E-state index in [1.165, 1.54) is 17.1 Å². The number of halogens is 1. The predicted molar refractivity (Wildman–Crippen MR) is 110 cm³/mol. The zero-order valence-corrected chi connectivity index (χ0v) is 17.7. The lowest BCUT2D eigenvalue weighted by Gasteiger charge is -2.29. The average molecular weight is 445 g/mol. The van der Waals surface area contributed by atoms with Crippen LogP contribution in [0.5, 0.6) is 0 Å². The van der Waals surface area contributed by atoms with Gasteiger partial charge in [-0.15, -0.1) is 0 Å². The monoisotopic (exact) mass is 444 g/mol. The fourth-order valence-corrected chi connectivity index (χ4v) is 3.26. The van der Waals surface area contributed by atoms with Crippen molar-refractivity contribution in [2.24, 2.45) is 11.8 Å². The molecule has 0 bridgehead atoms. The molecule has 30 heavy (non-hydrogen) atoms.